The van der Waals surface area contributed by atoms with Crippen LogP contribution < -0.4 is 10.6 Å². The second-order valence-corrected chi connectivity index (χ2v) is 6.77. The number of carbonyl (C=O) groups is 1. The van der Waals surface area contributed by atoms with Crippen LogP contribution in [0.15, 0.2) is 24.3 Å². The van der Waals surface area contributed by atoms with Crippen LogP contribution in [0, 0.1) is 0 Å². The number of rotatable bonds is 5. The number of anilines is 1. The van der Waals surface area contributed by atoms with Crippen LogP contribution in [0.3, 0.4) is 0 Å². The zero-order valence-electron chi connectivity index (χ0n) is 13.8. The summed E-state index contributed by atoms with van der Waals surface area (Å²) >= 11 is 5.93. The van der Waals surface area contributed by atoms with Gasteiger partial charge < -0.3 is 15.5 Å². The van der Waals surface area contributed by atoms with E-state index in [1.807, 2.05) is 12.1 Å². The lowest BCUT2D eigenvalue weighted by Gasteiger charge is -2.37. The van der Waals surface area contributed by atoms with Gasteiger partial charge in [0, 0.05) is 62.4 Å². The molecule has 1 aromatic rings. The van der Waals surface area contributed by atoms with Gasteiger partial charge in [-0.2, -0.15) is 0 Å². The van der Waals surface area contributed by atoms with Crippen molar-refractivity contribution in [1.82, 2.24) is 15.1 Å². The van der Waals surface area contributed by atoms with Crippen molar-refractivity contribution in [3.05, 3.63) is 29.3 Å². The van der Waals surface area contributed by atoms with Crippen LogP contribution in [0.1, 0.15) is 12.8 Å². The fraction of sp³-hybridized carbons (Fsp3) is 0.588. The van der Waals surface area contributed by atoms with Crippen molar-refractivity contribution in [2.75, 3.05) is 51.1 Å². The van der Waals surface area contributed by atoms with Crippen LogP contribution in [0.5, 0.6) is 0 Å². The predicted molar refractivity (Wildman–Crippen MR) is 101 cm³/mol. The molecule has 2 aliphatic rings. The van der Waals surface area contributed by atoms with Gasteiger partial charge in [0.05, 0.1) is 0 Å². The summed E-state index contributed by atoms with van der Waals surface area (Å²) in [6, 6.07) is 7.99. The van der Waals surface area contributed by atoms with E-state index in [2.05, 4.69) is 20.4 Å². The van der Waals surface area contributed by atoms with Crippen LogP contribution in [0.4, 0.5) is 5.69 Å². The predicted octanol–water partition coefficient (Wildman–Crippen LogP) is 2.07. The van der Waals surface area contributed by atoms with E-state index in [4.69, 9.17) is 11.6 Å². The Hall–Kier alpha value is -0.850. The summed E-state index contributed by atoms with van der Waals surface area (Å²) in [6.07, 6.45) is 1.79. The molecule has 2 aliphatic heterocycles. The monoisotopic (exact) mass is 372 g/mol. The number of nitrogens with zero attached hydrogens (tertiary/aromatic N) is 2. The Balaban J connectivity index is 0.00000208. The molecular formula is C17H26Cl2N4O. The summed E-state index contributed by atoms with van der Waals surface area (Å²) in [7, 11) is 0. The first kappa shape index (κ1) is 19.5. The Labute approximate surface area is 155 Å². The molecule has 0 radical (unpaired) electrons. The topological polar surface area (TPSA) is 47.6 Å². The lowest BCUT2D eigenvalue weighted by atomic mass is 10.2. The van der Waals surface area contributed by atoms with E-state index in [-0.39, 0.29) is 18.3 Å². The second kappa shape index (κ2) is 9.59. The van der Waals surface area contributed by atoms with Gasteiger partial charge in [-0.1, -0.05) is 17.7 Å². The van der Waals surface area contributed by atoms with Gasteiger partial charge in [-0.25, -0.2) is 0 Å². The minimum atomic E-state index is 0. The van der Waals surface area contributed by atoms with Crippen LogP contribution in [-0.2, 0) is 4.79 Å². The van der Waals surface area contributed by atoms with E-state index >= 15 is 0 Å². The molecule has 0 aromatic heterocycles. The highest BCUT2D eigenvalue weighted by Gasteiger charge is 2.25. The van der Waals surface area contributed by atoms with Crippen LogP contribution >= 0.6 is 24.0 Å². The molecule has 3 rings (SSSR count). The molecule has 2 N–H and O–H groups in total. The second-order valence-electron chi connectivity index (χ2n) is 6.33. The molecule has 134 valence electrons. The van der Waals surface area contributed by atoms with Gasteiger partial charge in [0.1, 0.15) is 0 Å². The van der Waals surface area contributed by atoms with Gasteiger partial charge in [-0.15, -0.1) is 12.4 Å². The number of nitrogens with one attached hydrogen (secondary N) is 2. The average molecular weight is 373 g/mol. The van der Waals surface area contributed by atoms with E-state index in [0.29, 0.717) is 17.5 Å². The maximum atomic E-state index is 12.0. The highest BCUT2D eigenvalue weighted by Crippen LogP contribution is 2.15. The van der Waals surface area contributed by atoms with Crippen molar-refractivity contribution in [1.29, 1.82) is 0 Å². The Kier molecular flexibility index (Phi) is 7.78. The molecule has 1 unspecified atom stereocenters. The number of piperazine rings is 1. The van der Waals surface area contributed by atoms with E-state index in [1.54, 1.807) is 12.1 Å². The summed E-state index contributed by atoms with van der Waals surface area (Å²) in [4.78, 5) is 17.0. The molecule has 2 fully saturated rings. The highest BCUT2D eigenvalue weighted by atomic mass is 35.5. The van der Waals surface area contributed by atoms with E-state index in [1.165, 1.54) is 6.42 Å². The van der Waals surface area contributed by atoms with Crippen molar-refractivity contribution >= 4 is 35.6 Å². The summed E-state index contributed by atoms with van der Waals surface area (Å²) < 4.78 is 0. The van der Waals surface area contributed by atoms with Crippen molar-refractivity contribution in [3.63, 3.8) is 0 Å². The quantitative estimate of drug-likeness (QED) is 0.830. The van der Waals surface area contributed by atoms with Gasteiger partial charge in [0.2, 0.25) is 5.91 Å². The molecule has 5 nitrogen and oxygen atoms in total. The summed E-state index contributed by atoms with van der Waals surface area (Å²) in [5.41, 5.74) is 0.765. The fourth-order valence-corrected chi connectivity index (χ4v) is 3.54. The smallest absolute Gasteiger partial charge is 0.225 e. The Morgan fingerprint density at radius 3 is 2.75 bits per heavy atom. The van der Waals surface area contributed by atoms with Gasteiger partial charge in [-0.05, 0) is 31.2 Å². The standard InChI is InChI=1S/C17H25ClN4O.ClH/c18-14-2-1-3-15(12-14)20-17(23)5-7-21-8-10-22(11-9-21)16-4-6-19-13-16;/h1-3,12,16,19H,4-11,13H2,(H,20,23);1H. The molecule has 1 aromatic carbocycles. The summed E-state index contributed by atoms with van der Waals surface area (Å²) in [6.45, 7) is 7.44. The molecular weight excluding hydrogens is 347 g/mol. The van der Waals surface area contributed by atoms with Gasteiger partial charge >= 0.3 is 0 Å². The number of benzene rings is 1. The number of carbonyl (C=O) groups excluding carboxylic acids is 1. The van der Waals surface area contributed by atoms with Crippen LogP contribution in [0.2, 0.25) is 5.02 Å². The number of halogens is 2. The minimum absolute atomic E-state index is 0. The Morgan fingerprint density at radius 2 is 2.08 bits per heavy atom. The first-order valence-electron chi connectivity index (χ1n) is 8.43. The first-order valence-corrected chi connectivity index (χ1v) is 8.81. The zero-order valence-corrected chi connectivity index (χ0v) is 15.4. The molecule has 0 bridgehead atoms. The third kappa shape index (κ3) is 5.60. The van der Waals surface area contributed by atoms with Gasteiger partial charge in [0.25, 0.3) is 0 Å². The number of amides is 1. The molecule has 0 spiro atoms. The Bertz CT molecular complexity index is 529. The van der Waals surface area contributed by atoms with Crippen molar-refractivity contribution < 1.29 is 4.79 Å². The molecule has 2 saturated heterocycles. The van der Waals surface area contributed by atoms with Crippen molar-refractivity contribution in [3.8, 4) is 0 Å². The van der Waals surface area contributed by atoms with Crippen LogP contribution in [-0.4, -0.2) is 67.6 Å². The highest BCUT2D eigenvalue weighted by molar-refractivity contribution is 6.30. The van der Waals surface area contributed by atoms with E-state index in [9.17, 15) is 4.79 Å². The molecule has 2 heterocycles. The molecule has 1 atom stereocenters. The van der Waals surface area contributed by atoms with Crippen molar-refractivity contribution in [2.24, 2.45) is 0 Å². The SMILES string of the molecule is Cl.O=C(CCN1CCN(C2CCNC2)CC1)Nc1cccc(Cl)c1. The first-order chi connectivity index (χ1) is 11.2. The lowest BCUT2D eigenvalue weighted by Crippen LogP contribution is -2.51. The normalized spacial score (nSPS) is 22.1. The van der Waals surface area contributed by atoms with Gasteiger partial charge in [-0.3, -0.25) is 9.69 Å². The Morgan fingerprint density at radius 1 is 1.29 bits per heavy atom. The van der Waals surface area contributed by atoms with Crippen LogP contribution in [0.25, 0.3) is 0 Å². The zero-order chi connectivity index (χ0) is 16.1. The fourth-order valence-electron chi connectivity index (χ4n) is 3.35. The number of hydrogen-bond donors (Lipinski definition) is 2. The largest absolute Gasteiger partial charge is 0.326 e. The third-order valence-electron chi connectivity index (χ3n) is 4.72. The maximum Gasteiger partial charge on any atom is 0.225 e. The average Bonchev–Trinajstić information content (AvgIpc) is 3.08. The van der Waals surface area contributed by atoms with E-state index in [0.717, 1.165) is 51.5 Å². The molecule has 0 aliphatic carbocycles. The molecule has 1 amide bonds. The van der Waals surface area contributed by atoms with Crippen molar-refractivity contribution in [2.45, 2.75) is 18.9 Å². The minimum Gasteiger partial charge on any atom is -0.326 e. The summed E-state index contributed by atoms with van der Waals surface area (Å²) in [5.74, 6) is 0.0506. The third-order valence-corrected chi connectivity index (χ3v) is 4.96. The van der Waals surface area contributed by atoms with E-state index < -0.39 is 0 Å². The maximum absolute atomic E-state index is 12.0. The molecule has 0 saturated carbocycles. The summed E-state index contributed by atoms with van der Waals surface area (Å²) in [5, 5.41) is 6.98. The molecule has 24 heavy (non-hydrogen) atoms. The molecule has 7 heteroatoms. The number of hydrogen-bond acceptors (Lipinski definition) is 4. The van der Waals surface area contributed by atoms with Gasteiger partial charge in [0.15, 0.2) is 0 Å². The lowest BCUT2D eigenvalue weighted by molar-refractivity contribution is -0.116.